The minimum Gasteiger partial charge on any atom is -0.445 e. The fraction of sp³-hybridized carbons (Fsp3) is 0.699. The Kier molecular flexibility index (Phi) is 33.6. The van der Waals surface area contributed by atoms with Gasteiger partial charge >= 0.3 is 12.3 Å². The van der Waals surface area contributed by atoms with Crippen LogP contribution in [0.25, 0.3) is 0 Å². The Balaban J connectivity index is 1.20. The van der Waals surface area contributed by atoms with Crippen LogP contribution in [0.15, 0.2) is 66.7 Å². The number of rotatable bonds is 39. The number of likely N-dealkylation sites (tertiary alicyclic amines) is 2. The number of aliphatic hydroxyl groups excluding tert-OH is 2. The third-order valence-corrected chi connectivity index (χ3v) is 19.8. The van der Waals surface area contributed by atoms with E-state index >= 15 is 0 Å². The lowest BCUT2D eigenvalue weighted by molar-refractivity contribution is -0.161. The van der Waals surface area contributed by atoms with E-state index in [1.54, 1.807) is 109 Å². The van der Waals surface area contributed by atoms with E-state index < -0.39 is 132 Å². The van der Waals surface area contributed by atoms with Gasteiger partial charge in [0.1, 0.15) is 37.0 Å². The Morgan fingerprint density at radius 2 is 1.36 bits per heavy atom. The molecule has 14 atom stereocenters. The van der Waals surface area contributed by atoms with Gasteiger partial charge < -0.3 is 65.3 Å². The number of nitrogens with one attached hydrogen (secondary N) is 5. The van der Waals surface area contributed by atoms with Crippen molar-refractivity contribution in [3.63, 3.8) is 0 Å². The van der Waals surface area contributed by atoms with Crippen LogP contribution in [-0.2, 0) is 54.4 Å². The number of piperidine rings is 1. The first kappa shape index (κ1) is 83.0. The van der Waals surface area contributed by atoms with Gasteiger partial charge in [0, 0.05) is 53.2 Å². The summed E-state index contributed by atoms with van der Waals surface area (Å²) < 4.78 is 61.5. The van der Waals surface area contributed by atoms with Crippen LogP contribution in [-0.4, -0.2) is 216 Å². The lowest BCUT2D eigenvalue weighted by Crippen LogP contribution is -2.60. The standard InChI is InChI=1S/C73H115F3N10O13/c1-15-48(8)64(56(97-13)43-60(89)85-42-26-30-55(85)66(98-14)49(9)67(91)77-50(10)65(90)52-27-19-16-20-28-52)82(11)71(95)62(46(4)5)81-70(94)63(47(6)7)83(12)72(96)99-44-51-32-34-53(35-33-51)78-68(92)54(29-25-40-84-38-22-18-23-39-84)79-69(93)61(45(2)3)80-57(73(74,75)76)31-21-17-24-41-86-58(87)36-37-59(86)88/h16,19-20,27-28,32-37,45-50,54-58,61-66,80,87,90H,15,17-18,21-26,29-31,38-44H2,1-14H3,(H,77,91)(H,78,92)(H,79,93)(H,81,94)/t48-,49+,50+,54-,55-,56+,57-,58?,61-,62-,63-,64-,65+,66+/m0/s1. The van der Waals surface area contributed by atoms with Gasteiger partial charge in [0.15, 0.2) is 0 Å². The number of amides is 8. The van der Waals surface area contributed by atoms with Crippen LogP contribution in [0.5, 0.6) is 0 Å². The number of halogens is 3. The SMILES string of the molecule is CC[C@H](C)[C@@H]([C@@H](CC(=O)N1CCC[C@H]1[C@H](OC)[C@@H](C)C(=O)N[C@H](C)[C@@H](O)c1ccccc1)OC)N(C)C(=O)[C@@H](NC(=O)[C@H](C(C)C)N(C)C(=O)OCc1ccc(NC(=O)[C@H](CCCN2CCCCC2)NC(=O)[C@@H](N[C@@H](CCCCCN2C(=O)C=CC2O)C(F)(F)F)C(C)C)cc1)C(C)C. The van der Waals surface area contributed by atoms with E-state index in [9.17, 15) is 61.7 Å². The number of likely N-dealkylation sites (N-methyl/N-ethyl adjacent to an activating group) is 2. The second-order valence-corrected chi connectivity index (χ2v) is 28.3. The second kappa shape index (κ2) is 40.1. The number of methoxy groups -OCH3 is 2. The van der Waals surface area contributed by atoms with E-state index in [2.05, 4.69) is 31.5 Å². The van der Waals surface area contributed by atoms with Crippen molar-refractivity contribution in [2.45, 2.75) is 238 Å². The molecule has 2 aromatic rings. The maximum Gasteiger partial charge on any atom is 0.410 e. The zero-order valence-corrected chi connectivity index (χ0v) is 60.9. The highest BCUT2D eigenvalue weighted by atomic mass is 19.4. The van der Waals surface area contributed by atoms with Gasteiger partial charge in [-0.25, -0.2) is 4.79 Å². The van der Waals surface area contributed by atoms with Crippen molar-refractivity contribution in [3.8, 4) is 0 Å². The van der Waals surface area contributed by atoms with Crippen LogP contribution in [0, 0.1) is 29.6 Å². The van der Waals surface area contributed by atoms with Crippen LogP contribution >= 0.6 is 0 Å². The number of hydrogen-bond donors (Lipinski definition) is 7. The zero-order valence-electron chi connectivity index (χ0n) is 60.9. The molecule has 0 aromatic heterocycles. The topological polar surface area (TPSA) is 281 Å². The Morgan fingerprint density at radius 1 is 0.707 bits per heavy atom. The van der Waals surface area contributed by atoms with Crippen molar-refractivity contribution in [2.24, 2.45) is 29.6 Å². The Morgan fingerprint density at radius 3 is 1.94 bits per heavy atom. The van der Waals surface area contributed by atoms with Crippen molar-refractivity contribution in [1.82, 2.24) is 45.8 Å². The number of benzene rings is 2. The summed E-state index contributed by atoms with van der Waals surface area (Å²) in [6.07, 6.45) is -0.135. The number of anilines is 1. The number of carbonyl (C=O) groups excluding carboxylic acids is 8. The number of unbranched alkanes of at least 4 members (excludes halogenated alkanes) is 2. The lowest BCUT2D eigenvalue weighted by atomic mass is 9.89. The zero-order chi connectivity index (χ0) is 73.4. The Bertz CT molecular complexity index is 2920. The second-order valence-electron chi connectivity index (χ2n) is 28.3. The third kappa shape index (κ3) is 24.2. The average molecular weight is 1400 g/mol. The van der Waals surface area contributed by atoms with Crippen molar-refractivity contribution < 1.29 is 76.0 Å². The van der Waals surface area contributed by atoms with Crippen molar-refractivity contribution in [3.05, 3.63) is 77.9 Å². The van der Waals surface area contributed by atoms with Crippen LogP contribution in [0.4, 0.5) is 23.7 Å². The van der Waals surface area contributed by atoms with Crippen LogP contribution in [0.2, 0.25) is 0 Å². The molecule has 0 radical (unpaired) electrons. The summed E-state index contributed by atoms with van der Waals surface area (Å²) in [5.41, 5.74) is 1.53. The van der Waals surface area contributed by atoms with Crippen molar-refractivity contribution >= 4 is 53.1 Å². The summed E-state index contributed by atoms with van der Waals surface area (Å²) in [4.78, 5) is 120. The molecule has 0 bridgehead atoms. The summed E-state index contributed by atoms with van der Waals surface area (Å²) in [5, 5.41) is 35.0. The van der Waals surface area contributed by atoms with Crippen LogP contribution in [0.1, 0.15) is 170 Å². The Labute approximate surface area is 584 Å². The number of nitrogens with zero attached hydrogens (tertiary/aromatic N) is 5. The van der Waals surface area contributed by atoms with Crippen molar-refractivity contribution in [2.75, 3.05) is 66.4 Å². The molecule has 0 aliphatic carbocycles. The molecular formula is C73H115F3N10O13. The molecule has 2 aromatic carbocycles. The van der Waals surface area contributed by atoms with Gasteiger partial charge in [-0.15, -0.1) is 0 Å². The fourth-order valence-electron chi connectivity index (χ4n) is 13.8. The molecule has 1 unspecified atom stereocenters. The molecule has 0 spiro atoms. The minimum absolute atomic E-state index is 0.0959. The summed E-state index contributed by atoms with van der Waals surface area (Å²) in [5.74, 6) is -5.64. The van der Waals surface area contributed by atoms with Crippen LogP contribution in [0.3, 0.4) is 0 Å². The molecule has 5 rings (SSSR count). The fourth-order valence-corrected chi connectivity index (χ4v) is 13.8. The van der Waals surface area contributed by atoms with E-state index in [0.29, 0.717) is 68.4 Å². The number of aliphatic hydroxyl groups is 2. The minimum atomic E-state index is -4.70. The lowest BCUT2D eigenvalue weighted by Gasteiger charge is -2.41. The molecule has 99 heavy (non-hydrogen) atoms. The molecule has 7 N–H and O–H groups in total. The molecule has 0 saturated carbocycles. The predicted octanol–water partition coefficient (Wildman–Crippen LogP) is 8.09. The smallest absolute Gasteiger partial charge is 0.410 e. The maximum atomic E-state index is 14.9. The number of carbonyl (C=O) groups is 8. The van der Waals surface area contributed by atoms with E-state index in [4.69, 9.17) is 14.2 Å². The van der Waals surface area contributed by atoms with Crippen molar-refractivity contribution in [1.29, 1.82) is 0 Å². The van der Waals surface area contributed by atoms with Gasteiger partial charge in [0.05, 0.1) is 54.8 Å². The molecular weight excluding hydrogens is 1280 g/mol. The maximum absolute atomic E-state index is 14.9. The van der Waals surface area contributed by atoms with Gasteiger partial charge in [-0.05, 0) is 131 Å². The summed E-state index contributed by atoms with van der Waals surface area (Å²) in [6.45, 7) is 20.7. The first-order valence-electron chi connectivity index (χ1n) is 35.6. The summed E-state index contributed by atoms with van der Waals surface area (Å²) in [6, 6.07) is 7.17. The molecule has 26 heteroatoms. The predicted molar refractivity (Wildman–Crippen MR) is 372 cm³/mol. The van der Waals surface area contributed by atoms with Gasteiger partial charge in [0.25, 0.3) is 0 Å². The highest BCUT2D eigenvalue weighted by Gasteiger charge is 2.45. The average Bonchev–Trinajstić information content (AvgIpc) is 1.80. The molecule has 8 amide bonds. The van der Waals surface area contributed by atoms with Gasteiger partial charge in [-0.3, -0.25) is 43.8 Å². The highest BCUT2D eigenvalue weighted by molar-refractivity contribution is 5.98. The van der Waals surface area contributed by atoms with Gasteiger partial charge in [-0.2, -0.15) is 13.2 Å². The summed E-state index contributed by atoms with van der Waals surface area (Å²) >= 11 is 0. The molecule has 2 saturated heterocycles. The molecule has 556 valence electrons. The third-order valence-electron chi connectivity index (χ3n) is 19.8. The molecule has 3 aliphatic heterocycles. The largest absolute Gasteiger partial charge is 0.445 e. The van der Waals surface area contributed by atoms with Gasteiger partial charge in [-0.1, -0.05) is 130 Å². The number of hydrogen-bond acceptors (Lipinski definition) is 15. The monoisotopic (exact) mass is 1400 g/mol. The van der Waals surface area contributed by atoms with E-state index in [0.717, 1.165) is 32.4 Å². The molecule has 23 nitrogen and oxygen atoms in total. The number of ether oxygens (including phenoxy) is 3. The van der Waals surface area contributed by atoms with E-state index in [1.807, 2.05) is 32.0 Å². The van der Waals surface area contributed by atoms with E-state index in [-0.39, 0.29) is 62.5 Å². The summed E-state index contributed by atoms with van der Waals surface area (Å²) in [7, 11) is 6.08. The number of alkyl halides is 3. The Hall–Kier alpha value is -6.71. The first-order chi connectivity index (χ1) is 46.8. The molecule has 2 fully saturated rings. The normalized spacial score (nSPS) is 19.7. The first-order valence-corrected chi connectivity index (χ1v) is 35.6. The van der Waals surface area contributed by atoms with Gasteiger partial charge in [0.2, 0.25) is 41.4 Å². The van der Waals surface area contributed by atoms with E-state index in [1.165, 1.54) is 43.2 Å². The quantitative estimate of drug-likeness (QED) is 0.0312. The molecule has 3 heterocycles. The highest BCUT2D eigenvalue weighted by Crippen LogP contribution is 2.32. The molecule has 3 aliphatic rings. The van der Waals surface area contributed by atoms with Crippen LogP contribution < -0.4 is 26.6 Å².